The quantitative estimate of drug-likeness (QED) is 0.479. The Hall–Kier alpha value is -2.57. The molecule has 136 valence electrons. The van der Waals surface area contributed by atoms with E-state index >= 15 is 0 Å². The number of nitrogens with one attached hydrogen (secondary N) is 1. The molecule has 0 atom stereocenters. The third-order valence-corrected chi connectivity index (χ3v) is 5.76. The Morgan fingerprint density at radius 1 is 1.15 bits per heavy atom. The summed E-state index contributed by atoms with van der Waals surface area (Å²) in [6.07, 6.45) is 2.05. The molecule has 1 N–H and O–H groups in total. The van der Waals surface area contributed by atoms with Crippen molar-refractivity contribution in [1.82, 2.24) is 10.3 Å². The van der Waals surface area contributed by atoms with Gasteiger partial charge in [-0.1, -0.05) is 24.3 Å². The standard InChI is InChI=1S/C21H18N2O2S2/c1-26-13-14-5-4-6-15(11-14)20(24)22-12-16-9-10-18(25-16)21-23-17-7-2-3-8-19(17)27-21/h2-11H,12-13H2,1H3,(H,22,24). The molecule has 4 rings (SSSR count). The fourth-order valence-corrected chi connectivity index (χ4v) is 4.24. The number of fused-ring (bicyclic) bond motifs is 1. The largest absolute Gasteiger partial charge is 0.457 e. The molecule has 0 fully saturated rings. The van der Waals surface area contributed by atoms with Gasteiger partial charge in [0, 0.05) is 11.3 Å². The van der Waals surface area contributed by atoms with Crippen molar-refractivity contribution in [3.63, 3.8) is 0 Å². The van der Waals surface area contributed by atoms with Crippen LogP contribution in [0.1, 0.15) is 21.7 Å². The number of para-hydroxylation sites is 1. The average Bonchev–Trinajstić information content (AvgIpc) is 3.33. The van der Waals surface area contributed by atoms with E-state index in [2.05, 4.69) is 10.3 Å². The Bertz CT molecular complexity index is 1050. The summed E-state index contributed by atoms with van der Waals surface area (Å²) in [5.74, 6) is 2.22. The maximum Gasteiger partial charge on any atom is 0.251 e. The number of hydrogen-bond acceptors (Lipinski definition) is 5. The highest BCUT2D eigenvalue weighted by molar-refractivity contribution is 7.97. The number of thiazole rings is 1. The van der Waals surface area contributed by atoms with Crippen LogP contribution < -0.4 is 5.32 Å². The summed E-state index contributed by atoms with van der Waals surface area (Å²) >= 11 is 3.33. The topological polar surface area (TPSA) is 55.1 Å². The molecule has 2 heterocycles. The lowest BCUT2D eigenvalue weighted by Gasteiger charge is -2.05. The first-order valence-corrected chi connectivity index (χ1v) is 10.7. The summed E-state index contributed by atoms with van der Waals surface area (Å²) in [6.45, 7) is 0.344. The molecule has 6 heteroatoms. The second-order valence-corrected chi connectivity index (χ2v) is 7.97. The number of carbonyl (C=O) groups excluding carboxylic acids is 1. The molecule has 0 saturated carbocycles. The molecule has 2 aromatic heterocycles. The number of rotatable bonds is 6. The van der Waals surface area contributed by atoms with Crippen LogP contribution in [0.4, 0.5) is 0 Å². The second kappa shape index (κ2) is 7.98. The number of hydrogen-bond donors (Lipinski definition) is 1. The van der Waals surface area contributed by atoms with E-state index in [1.165, 1.54) is 0 Å². The minimum Gasteiger partial charge on any atom is -0.457 e. The predicted molar refractivity (Wildman–Crippen MR) is 112 cm³/mol. The van der Waals surface area contributed by atoms with E-state index in [4.69, 9.17) is 4.42 Å². The van der Waals surface area contributed by atoms with Crippen molar-refractivity contribution in [1.29, 1.82) is 0 Å². The van der Waals surface area contributed by atoms with Gasteiger partial charge in [0.25, 0.3) is 5.91 Å². The van der Waals surface area contributed by atoms with Crippen molar-refractivity contribution in [3.05, 3.63) is 77.6 Å². The summed E-state index contributed by atoms with van der Waals surface area (Å²) in [4.78, 5) is 17.0. The first-order chi connectivity index (χ1) is 13.2. The normalized spacial score (nSPS) is 11.0. The van der Waals surface area contributed by atoms with Crippen LogP contribution in [0.3, 0.4) is 0 Å². The lowest BCUT2D eigenvalue weighted by Crippen LogP contribution is -2.22. The van der Waals surface area contributed by atoms with Crippen LogP contribution in [-0.4, -0.2) is 17.1 Å². The van der Waals surface area contributed by atoms with Crippen molar-refractivity contribution in [2.24, 2.45) is 0 Å². The zero-order valence-corrected chi connectivity index (χ0v) is 16.4. The van der Waals surface area contributed by atoms with E-state index in [0.717, 1.165) is 32.3 Å². The molecule has 4 nitrogen and oxygen atoms in total. The van der Waals surface area contributed by atoms with Gasteiger partial charge < -0.3 is 9.73 Å². The van der Waals surface area contributed by atoms with E-state index in [0.29, 0.717) is 17.9 Å². The highest BCUT2D eigenvalue weighted by Crippen LogP contribution is 2.31. The molecule has 1 amide bonds. The van der Waals surface area contributed by atoms with Gasteiger partial charge >= 0.3 is 0 Å². The Morgan fingerprint density at radius 2 is 2.04 bits per heavy atom. The van der Waals surface area contributed by atoms with Crippen LogP contribution in [0.5, 0.6) is 0 Å². The van der Waals surface area contributed by atoms with Gasteiger partial charge in [0.05, 0.1) is 16.8 Å². The monoisotopic (exact) mass is 394 g/mol. The summed E-state index contributed by atoms with van der Waals surface area (Å²) in [5.41, 5.74) is 2.78. The van der Waals surface area contributed by atoms with Crippen molar-refractivity contribution in [3.8, 4) is 10.8 Å². The molecule has 0 bridgehead atoms. The lowest BCUT2D eigenvalue weighted by molar-refractivity contribution is 0.0948. The molecule has 0 aliphatic carbocycles. The fourth-order valence-electron chi connectivity index (χ4n) is 2.80. The summed E-state index contributed by atoms with van der Waals surface area (Å²) in [7, 11) is 0. The fraction of sp³-hybridized carbons (Fsp3) is 0.143. The molecular weight excluding hydrogens is 376 g/mol. The van der Waals surface area contributed by atoms with E-state index < -0.39 is 0 Å². The van der Waals surface area contributed by atoms with Gasteiger partial charge in [-0.25, -0.2) is 4.98 Å². The Morgan fingerprint density at radius 3 is 2.89 bits per heavy atom. The van der Waals surface area contributed by atoms with Crippen LogP contribution in [0.2, 0.25) is 0 Å². The number of nitrogens with zero attached hydrogens (tertiary/aromatic N) is 1. The van der Waals surface area contributed by atoms with E-state index in [1.54, 1.807) is 23.1 Å². The van der Waals surface area contributed by atoms with E-state index in [-0.39, 0.29) is 5.91 Å². The van der Waals surface area contributed by atoms with Gasteiger partial charge in [-0.05, 0) is 48.2 Å². The maximum absolute atomic E-state index is 12.4. The van der Waals surface area contributed by atoms with Crippen LogP contribution >= 0.6 is 23.1 Å². The Labute approximate surface area is 165 Å². The first kappa shape index (κ1) is 17.8. The molecule has 0 aliphatic rings. The lowest BCUT2D eigenvalue weighted by atomic mass is 10.1. The molecule has 0 unspecified atom stereocenters. The molecule has 0 aliphatic heterocycles. The average molecular weight is 395 g/mol. The van der Waals surface area contributed by atoms with Gasteiger partial charge in [0.15, 0.2) is 10.8 Å². The molecule has 0 spiro atoms. The summed E-state index contributed by atoms with van der Waals surface area (Å²) in [5, 5.41) is 3.77. The van der Waals surface area contributed by atoms with Gasteiger partial charge in [-0.2, -0.15) is 11.8 Å². The highest BCUT2D eigenvalue weighted by Gasteiger charge is 2.12. The molecule has 2 aromatic carbocycles. The number of furan rings is 1. The van der Waals surface area contributed by atoms with Crippen LogP contribution in [-0.2, 0) is 12.3 Å². The first-order valence-electron chi connectivity index (χ1n) is 8.53. The number of amides is 1. The van der Waals surface area contributed by atoms with Crippen molar-refractivity contribution in [2.45, 2.75) is 12.3 Å². The van der Waals surface area contributed by atoms with Gasteiger partial charge in [0.2, 0.25) is 0 Å². The molecule has 0 radical (unpaired) electrons. The van der Waals surface area contributed by atoms with Crippen molar-refractivity contribution < 1.29 is 9.21 Å². The van der Waals surface area contributed by atoms with E-state index in [9.17, 15) is 4.79 Å². The Balaban J connectivity index is 1.43. The Kier molecular flexibility index (Phi) is 5.27. The predicted octanol–water partition coefficient (Wildman–Crippen LogP) is 5.35. The number of benzene rings is 2. The number of aromatic nitrogens is 1. The molecular formula is C21H18N2O2S2. The molecule has 4 aromatic rings. The van der Waals surface area contributed by atoms with Gasteiger partial charge in [0.1, 0.15) is 5.76 Å². The van der Waals surface area contributed by atoms with Gasteiger partial charge in [-0.3, -0.25) is 4.79 Å². The van der Waals surface area contributed by atoms with Crippen molar-refractivity contribution in [2.75, 3.05) is 6.26 Å². The smallest absolute Gasteiger partial charge is 0.251 e. The summed E-state index contributed by atoms with van der Waals surface area (Å²) < 4.78 is 7.01. The minimum absolute atomic E-state index is 0.101. The number of carbonyl (C=O) groups is 1. The maximum atomic E-state index is 12.4. The summed E-state index contributed by atoms with van der Waals surface area (Å²) in [6, 6.07) is 19.5. The minimum atomic E-state index is -0.101. The third-order valence-electron chi connectivity index (χ3n) is 4.09. The van der Waals surface area contributed by atoms with Crippen molar-refractivity contribution >= 4 is 39.2 Å². The van der Waals surface area contributed by atoms with Crippen LogP contribution in [0, 0.1) is 0 Å². The van der Waals surface area contributed by atoms with Gasteiger partial charge in [-0.15, -0.1) is 11.3 Å². The van der Waals surface area contributed by atoms with Crippen LogP contribution in [0.15, 0.2) is 65.1 Å². The third kappa shape index (κ3) is 4.07. The number of thioether (sulfide) groups is 1. The molecule has 27 heavy (non-hydrogen) atoms. The molecule has 0 saturated heterocycles. The van der Waals surface area contributed by atoms with E-state index in [1.807, 2.05) is 66.9 Å². The second-order valence-electron chi connectivity index (χ2n) is 6.07. The van der Waals surface area contributed by atoms with Crippen LogP contribution in [0.25, 0.3) is 21.0 Å². The highest BCUT2D eigenvalue weighted by atomic mass is 32.2. The zero-order chi connectivity index (χ0) is 18.6. The zero-order valence-electron chi connectivity index (χ0n) is 14.8. The SMILES string of the molecule is CSCc1cccc(C(=O)NCc2ccc(-c3nc4ccccc4s3)o2)c1.